The Bertz CT molecular complexity index is 730. The van der Waals surface area contributed by atoms with Crippen molar-refractivity contribution in [2.24, 2.45) is 0 Å². The molecular weight excluding hydrogens is 324 g/mol. The van der Waals surface area contributed by atoms with Gasteiger partial charge in [0.25, 0.3) is 0 Å². The Labute approximate surface area is 145 Å². The molecule has 0 aliphatic rings. The highest BCUT2D eigenvalue weighted by atomic mass is 32.2. The number of carbonyl (C=O) groups is 2. The third-order valence-corrected chi connectivity index (χ3v) is 4.47. The molecule has 5 nitrogen and oxygen atoms in total. The number of anilines is 1. The molecule has 0 heterocycles. The van der Waals surface area contributed by atoms with Crippen LogP contribution in [0.2, 0.25) is 0 Å². The van der Waals surface area contributed by atoms with Crippen LogP contribution in [0.15, 0.2) is 47.4 Å². The zero-order valence-electron chi connectivity index (χ0n) is 13.9. The second-order valence-corrected chi connectivity index (χ2v) is 6.31. The monoisotopic (exact) mass is 344 g/mol. The van der Waals surface area contributed by atoms with E-state index in [1.807, 2.05) is 26.0 Å². The molecule has 0 atom stereocenters. The van der Waals surface area contributed by atoms with Crippen molar-refractivity contribution in [2.75, 3.05) is 18.2 Å². The average molecular weight is 344 g/mol. The highest BCUT2D eigenvalue weighted by molar-refractivity contribution is 8.00. The van der Waals surface area contributed by atoms with Crippen molar-refractivity contribution in [1.29, 1.82) is 0 Å². The SMILES string of the molecule is COc1ccc(NC(=O)NC(=O)CSc2ccc(C)cc2C)cc1. The number of amides is 3. The van der Waals surface area contributed by atoms with Gasteiger partial charge in [-0.2, -0.15) is 0 Å². The minimum atomic E-state index is -0.550. The predicted molar refractivity (Wildman–Crippen MR) is 96.8 cm³/mol. The first-order valence-corrected chi connectivity index (χ1v) is 8.41. The first kappa shape index (κ1) is 17.9. The molecule has 2 N–H and O–H groups in total. The van der Waals surface area contributed by atoms with Crippen LogP contribution in [0, 0.1) is 13.8 Å². The minimum absolute atomic E-state index is 0.180. The number of hydrogen-bond donors (Lipinski definition) is 2. The molecule has 0 saturated carbocycles. The summed E-state index contributed by atoms with van der Waals surface area (Å²) in [6.07, 6.45) is 0. The van der Waals surface area contributed by atoms with Crippen molar-refractivity contribution in [3.05, 3.63) is 53.6 Å². The van der Waals surface area contributed by atoms with Gasteiger partial charge in [0.15, 0.2) is 0 Å². The maximum atomic E-state index is 11.9. The van der Waals surface area contributed by atoms with E-state index in [0.717, 1.165) is 10.5 Å². The molecule has 2 aromatic rings. The Hall–Kier alpha value is -2.47. The van der Waals surface area contributed by atoms with Gasteiger partial charge in [0, 0.05) is 10.6 Å². The van der Waals surface area contributed by atoms with Gasteiger partial charge in [0.05, 0.1) is 12.9 Å². The summed E-state index contributed by atoms with van der Waals surface area (Å²) in [5.41, 5.74) is 2.89. The lowest BCUT2D eigenvalue weighted by molar-refractivity contribution is -0.117. The van der Waals surface area contributed by atoms with Crippen LogP contribution in [0.1, 0.15) is 11.1 Å². The van der Waals surface area contributed by atoms with Crippen LogP contribution >= 0.6 is 11.8 Å². The van der Waals surface area contributed by atoms with Gasteiger partial charge in [0.2, 0.25) is 5.91 Å². The first-order valence-electron chi connectivity index (χ1n) is 7.43. The van der Waals surface area contributed by atoms with Crippen molar-refractivity contribution in [3.63, 3.8) is 0 Å². The Morgan fingerprint density at radius 3 is 2.42 bits per heavy atom. The molecule has 0 bridgehead atoms. The molecule has 0 radical (unpaired) electrons. The number of hydrogen-bond acceptors (Lipinski definition) is 4. The number of nitrogens with one attached hydrogen (secondary N) is 2. The van der Waals surface area contributed by atoms with E-state index in [1.165, 1.54) is 17.3 Å². The molecule has 24 heavy (non-hydrogen) atoms. The second kappa shape index (κ2) is 8.40. The number of benzene rings is 2. The topological polar surface area (TPSA) is 67.4 Å². The number of rotatable bonds is 5. The third-order valence-electron chi connectivity index (χ3n) is 3.29. The van der Waals surface area contributed by atoms with E-state index in [1.54, 1.807) is 31.4 Å². The van der Waals surface area contributed by atoms with Gasteiger partial charge >= 0.3 is 6.03 Å². The molecule has 2 aromatic carbocycles. The predicted octanol–water partition coefficient (Wildman–Crippen LogP) is 3.75. The largest absolute Gasteiger partial charge is 0.497 e. The zero-order valence-corrected chi connectivity index (χ0v) is 14.7. The summed E-state index contributed by atoms with van der Waals surface area (Å²) in [5.74, 6) is 0.535. The van der Waals surface area contributed by atoms with E-state index in [0.29, 0.717) is 11.4 Å². The zero-order chi connectivity index (χ0) is 17.5. The third kappa shape index (κ3) is 5.31. The number of imide groups is 1. The Morgan fingerprint density at radius 2 is 1.79 bits per heavy atom. The van der Waals surface area contributed by atoms with Gasteiger partial charge < -0.3 is 10.1 Å². The summed E-state index contributed by atoms with van der Waals surface area (Å²) < 4.78 is 5.04. The van der Waals surface area contributed by atoms with Crippen molar-refractivity contribution in [1.82, 2.24) is 5.32 Å². The summed E-state index contributed by atoms with van der Waals surface area (Å²) in [7, 11) is 1.57. The highest BCUT2D eigenvalue weighted by Gasteiger charge is 2.09. The van der Waals surface area contributed by atoms with Crippen LogP contribution in [0.5, 0.6) is 5.75 Å². The molecule has 0 aromatic heterocycles. The molecule has 0 aliphatic heterocycles. The number of aryl methyl sites for hydroxylation is 2. The summed E-state index contributed by atoms with van der Waals surface area (Å²) in [6, 6.07) is 12.4. The summed E-state index contributed by atoms with van der Waals surface area (Å²) in [4.78, 5) is 24.7. The lowest BCUT2D eigenvalue weighted by Gasteiger charge is -2.08. The number of urea groups is 1. The van der Waals surface area contributed by atoms with E-state index in [2.05, 4.69) is 16.7 Å². The normalized spacial score (nSPS) is 10.1. The quantitative estimate of drug-likeness (QED) is 0.811. The highest BCUT2D eigenvalue weighted by Crippen LogP contribution is 2.22. The maximum Gasteiger partial charge on any atom is 0.325 e. The van der Waals surface area contributed by atoms with E-state index < -0.39 is 6.03 Å². The Kier molecular flexibility index (Phi) is 6.26. The fraction of sp³-hybridized carbons (Fsp3) is 0.222. The Morgan fingerprint density at radius 1 is 1.08 bits per heavy atom. The fourth-order valence-electron chi connectivity index (χ4n) is 2.10. The number of carbonyl (C=O) groups excluding carboxylic acids is 2. The van der Waals surface area contributed by atoms with E-state index in [4.69, 9.17) is 4.74 Å². The number of ether oxygens (including phenoxy) is 1. The van der Waals surface area contributed by atoms with Gasteiger partial charge in [0.1, 0.15) is 5.75 Å². The maximum absolute atomic E-state index is 11.9. The molecule has 0 saturated heterocycles. The molecule has 2 rings (SSSR count). The second-order valence-electron chi connectivity index (χ2n) is 5.29. The number of methoxy groups -OCH3 is 1. The van der Waals surface area contributed by atoms with Crippen LogP contribution in [0.25, 0.3) is 0 Å². The molecular formula is C18H20N2O3S. The average Bonchev–Trinajstić information content (AvgIpc) is 2.54. The Balaban J connectivity index is 1.81. The first-order chi connectivity index (χ1) is 11.5. The fourth-order valence-corrected chi connectivity index (χ4v) is 2.91. The van der Waals surface area contributed by atoms with Crippen molar-refractivity contribution >= 4 is 29.4 Å². The van der Waals surface area contributed by atoms with Crippen LogP contribution in [0.3, 0.4) is 0 Å². The lowest BCUT2D eigenvalue weighted by Crippen LogP contribution is -2.35. The van der Waals surface area contributed by atoms with E-state index >= 15 is 0 Å². The summed E-state index contributed by atoms with van der Waals surface area (Å²) >= 11 is 1.41. The van der Waals surface area contributed by atoms with E-state index in [9.17, 15) is 9.59 Å². The van der Waals surface area contributed by atoms with Crippen molar-refractivity contribution in [2.45, 2.75) is 18.7 Å². The van der Waals surface area contributed by atoms with Crippen LogP contribution < -0.4 is 15.4 Å². The van der Waals surface area contributed by atoms with E-state index in [-0.39, 0.29) is 11.7 Å². The van der Waals surface area contributed by atoms with Crippen LogP contribution in [-0.2, 0) is 4.79 Å². The van der Waals surface area contributed by atoms with Gasteiger partial charge in [-0.25, -0.2) is 4.79 Å². The van der Waals surface area contributed by atoms with Crippen LogP contribution in [0.4, 0.5) is 10.5 Å². The number of thioether (sulfide) groups is 1. The lowest BCUT2D eigenvalue weighted by atomic mass is 10.2. The molecule has 0 unspecified atom stereocenters. The standard InChI is InChI=1S/C18H20N2O3S/c1-12-4-9-16(13(2)10-12)24-11-17(21)20-18(22)19-14-5-7-15(23-3)8-6-14/h4-10H,11H2,1-3H3,(H2,19,20,21,22). The molecule has 0 spiro atoms. The van der Waals surface area contributed by atoms with Gasteiger partial charge in [-0.15, -0.1) is 11.8 Å². The van der Waals surface area contributed by atoms with Gasteiger partial charge in [-0.1, -0.05) is 17.7 Å². The summed E-state index contributed by atoms with van der Waals surface area (Å²) in [5, 5.41) is 4.92. The molecule has 3 amide bonds. The molecule has 0 fully saturated rings. The summed E-state index contributed by atoms with van der Waals surface area (Å²) in [6.45, 7) is 4.03. The van der Waals surface area contributed by atoms with Gasteiger partial charge in [-0.05, 0) is 49.7 Å². The minimum Gasteiger partial charge on any atom is -0.497 e. The smallest absolute Gasteiger partial charge is 0.325 e. The van der Waals surface area contributed by atoms with Crippen molar-refractivity contribution in [3.8, 4) is 5.75 Å². The van der Waals surface area contributed by atoms with Crippen LogP contribution in [-0.4, -0.2) is 24.8 Å². The van der Waals surface area contributed by atoms with Gasteiger partial charge in [-0.3, -0.25) is 10.1 Å². The molecule has 6 heteroatoms. The molecule has 126 valence electrons. The molecule has 0 aliphatic carbocycles. The van der Waals surface area contributed by atoms with Crippen molar-refractivity contribution < 1.29 is 14.3 Å².